The number of thiazole rings is 1. The highest BCUT2D eigenvalue weighted by molar-refractivity contribution is 8.01. The number of halogens is 2. The van der Waals surface area contributed by atoms with Gasteiger partial charge in [-0.2, -0.15) is 0 Å². The van der Waals surface area contributed by atoms with Crippen molar-refractivity contribution in [2.24, 2.45) is 0 Å². The fourth-order valence-electron chi connectivity index (χ4n) is 2.56. The molecule has 1 amide bonds. The summed E-state index contributed by atoms with van der Waals surface area (Å²) in [6, 6.07) is 20.0. The van der Waals surface area contributed by atoms with Crippen molar-refractivity contribution in [1.82, 2.24) is 4.98 Å². The van der Waals surface area contributed by atoms with Crippen LogP contribution < -0.4 is 10.1 Å². The van der Waals surface area contributed by atoms with Crippen LogP contribution in [-0.2, 0) is 4.79 Å². The Bertz CT molecular complexity index is 1170. The molecule has 3 aromatic carbocycles. The summed E-state index contributed by atoms with van der Waals surface area (Å²) in [5, 5.41) is 4.02. The van der Waals surface area contributed by atoms with Crippen molar-refractivity contribution in [2.45, 2.75) is 4.34 Å². The Morgan fingerprint density at radius 2 is 1.79 bits per heavy atom. The van der Waals surface area contributed by atoms with Gasteiger partial charge in [-0.1, -0.05) is 53.2 Å². The topological polar surface area (TPSA) is 51.2 Å². The number of para-hydroxylation sites is 1. The van der Waals surface area contributed by atoms with Crippen LogP contribution in [-0.4, -0.2) is 16.6 Å². The molecular formula is C21H14Cl2N2O2S2. The SMILES string of the molecule is O=C(CSc1nc2cc(Cl)ccc2s1)Nc1cc(Cl)ccc1Oc1ccccc1. The number of nitrogens with one attached hydrogen (secondary N) is 1. The number of amides is 1. The van der Waals surface area contributed by atoms with Crippen LogP contribution >= 0.6 is 46.3 Å². The monoisotopic (exact) mass is 460 g/mol. The largest absolute Gasteiger partial charge is 0.455 e. The molecule has 29 heavy (non-hydrogen) atoms. The number of hydrogen-bond acceptors (Lipinski definition) is 5. The van der Waals surface area contributed by atoms with Crippen LogP contribution in [0.2, 0.25) is 10.0 Å². The smallest absolute Gasteiger partial charge is 0.234 e. The Morgan fingerprint density at radius 1 is 1.03 bits per heavy atom. The molecule has 0 aliphatic carbocycles. The van der Waals surface area contributed by atoms with Gasteiger partial charge in [0.2, 0.25) is 5.91 Å². The Hall–Kier alpha value is -2.25. The van der Waals surface area contributed by atoms with Crippen LogP contribution in [0.3, 0.4) is 0 Å². The van der Waals surface area contributed by atoms with E-state index in [0.717, 1.165) is 14.6 Å². The van der Waals surface area contributed by atoms with Gasteiger partial charge in [-0.15, -0.1) is 11.3 Å². The number of hydrogen-bond donors (Lipinski definition) is 1. The lowest BCUT2D eigenvalue weighted by Crippen LogP contribution is -2.14. The lowest BCUT2D eigenvalue weighted by Gasteiger charge is -2.12. The summed E-state index contributed by atoms with van der Waals surface area (Å²) in [6.45, 7) is 0. The molecule has 0 radical (unpaired) electrons. The third-order valence-corrected chi connectivity index (χ3v) is 6.49. The van der Waals surface area contributed by atoms with Gasteiger partial charge < -0.3 is 10.1 Å². The van der Waals surface area contributed by atoms with E-state index in [1.54, 1.807) is 18.2 Å². The number of carbonyl (C=O) groups excluding carboxylic acids is 1. The van der Waals surface area contributed by atoms with E-state index in [4.69, 9.17) is 27.9 Å². The molecule has 0 fully saturated rings. The molecule has 0 unspecified atom stereocenters. The predicted molar refractivity (Wildman–Crippen MR) is 122 cm³/mol. The summed E-state index contributed by atoms with van der Waals surface area (Å²) in [5.41, 5.74) is 1.35. The highest BCUT2D eigenvalue weighted by Gasteiger charge is 2.12. The van der Waals surface area contributed by atoms with Gasteiger partial charge >= 0.3 is 0 Å². The van der Waals surface area contributed by atoms with Crippen LogP contribution in [0.1, 0.15) is 0 Å². The first-order valence-electron chi connectivity index (χ1n) is 8.58. The molecular weight excluding hydrogens is 447 g/mol. The van der Waals surface area contributed by atoms with E-state index in [0.29, 0.717) is 27.2 Å². The molecule has 4 aromatic rings. The molecule has 146 valence electrons. The number of fused-ring (bicyclic) bond motifs is 1. The molecule has 0 saturated heterocycles. The summed E-state index contributed by atoms with van der Waals surface area (Å²) >= 11 is 15.0. The molecule has 0 aliphatic rings. The number of nitrogens with zero attached hydrogens (tertiary/aromatic N) is 1. The van der Waals surface area contributed by atoms with Crippen molar-refractivity contribution in [3.8, 4) is 11.5 Å². The average molecular weight is 461 g/mol. The highest BCUT2D eigenvalue weighted by Crippen LogP contribution is 2.33. The second-order valence-corrected chi connectivity index (χ2v) is 9.11. The average Bonchev–Trinajstić information content (AvgIpc) is 3.11. The molecule has 4 rings (SSSR count). The van der Waals surface area contributed by atoms with Crippen LogP contribution in [0.15, 0.2) is 71.1 Å². The van der Waals surface area contributed by atoms with E-state index in [2.05, 4.69) is 10.3 Å². The number of thioether (sulfide) groups is 1. The van der Waals surface area contributed by atoms with Crippen molar-refractivity contribution < 1.29 is 9.53 Å². The van der Waals surface area contributed by atoms with Crippen LogP contribution in [0.4, 0.5) is 5.69 Å². The molecule has 1 aromatic heterocycles. The fraction of sp³-hybridized carbons (Fsp3) is 0.0476. The summed E-state index contributed by atoms with van der Waals surface area (Å²) < 4.78 is 7.72. The number of benzene rings is 3. The molecule has 0 atom stereocenters. The van der Waals surface area contributed by atoms with E-state index in [1.807, 2.05) is 48.5 Å². The number of rotatable bonds is 6. The summed E-state index contributed by atoms with van der Waals surface area (Å²) in [5.74, 6) is 1.24. The van der Waals surface area contributed by atoms with E-state index in [1.165, 1.54) is 23.1 Å². The third-order valence-electron chi connectivity index (χ3n) is 3.84. The first-order valence-corrected chi connectivity index (χ1v) is 11.1. The van der Waals surface area contributed by atoms with Gasteiger partial charge in [0.25, 0.3) is 0 Å². The maximum atomic E-state index is 12.5. The summed E-state index contributed by atoms with van der Waals surface area (Å²) in [4.78, 5) is 17.0. The highest BCUT2D eigenvalue weighted by atomic mass is 35.5. The third kappa shape index (κ3) is 5.22. The van der Waals surface area contributed by atoms with Crippen molar-refractivity contribution in [2.75, 3.05) is 11.1 Å². The first-order chi connectivity index (χ1) is 14.1. The number of anilines is 1. The standard InChI is InChI=1S/C21H14Cl2N2O2S2/c22-13-6-8-18(27-15-4-2-1-3-5-15)16(10-13)24-20(26)12-28-21-25-17-11-14(23)7-9-19(17)29-21/h1-11H,12H2,(H,24,26). The molecule has 4 nitrogen and oxygen atoms in total. The van der Waals surface area contributed by atoms with Crippen LogP contribution in [0.25, 0.3) is 10.2 Å². The Kier molecular flexibility index (Phi) is 6.25. The van der Waals surface area contributed by atoms with E-state index in [-0.39, 0.29) is 11.7 Å². The summed E-state index contributed by atoms with van der Waals surface area (Å²) in [7, 11) is 0. The molecule has 0 spiro atoms. The van der Waals surface area contributed by atoms with E-state index < -0.39 is 0 Å². The zero-order valence-electron chi connectivity index (χ0n) is 14.9. The number of aromatic nitrogens is 1. The predicted octanol–water partition coefficient (Wildman–Crippen LogP) is 7.13. The molecule has 1 heterocycles. The van der Waals surface area contributed by atoms with Gasteiger partial charge in [-0.3, -0.25) is 4.79 Å². The Balaban J connectivity index is 1.44. The van der Waals surface area contributed by atoms with Crippen molar-refractivity contribution in [3.05, 3.63) is 76.8 Å². The molecule has 8 heteroatoms. The minimum absolute atomic E-state index is 0.174. The van der Waals surface area contributed by atoms with Gasteiger partial charge in [0, 0.05) is 10.0 Å². The second kappa shape index (κ2) is 9.05. The zero-order chi connectivity index (χ0) is 20.2. The minimum Gasteiger partial charge on any atom is -0.455 e. The van der Waals surface area contributed by atoms with Crippen molar-refractivity contribution in [3.63, 3.8) is 0 Å². The van der Waals surface area contributed by atoms with Crippen molar-refractivity contribution in [1.29, 1.82) is 0 Å². The number of ether oxygens (including phenoxy) is 1. The first kappa shape index (κ1) is 20.0. The molecule has 1 N–H and O–H groups in total. The van der Waals surface area contributed by atoms with Gasteiger partial charge in [0.15, 0.2) is 10.1 Å². The minimum atomic E-state index is -0.174. The van der Waals surface area contributed by atoms with Gasteiger partial charge in [-0.05, 0) is 48.5 Å². The Labute approximate surface area is 185 Å². The second-order valence-electron chi connectivity index (χ2n) is 5.98. The summed E-state index contributed by atoms with van der Waals surface area (Å²) in [6.07, 6.45) is 0. The lowest BCUT2D eigenvalue weighted by atomic mass is 10.3. The van der Waals surface area contributed by atoms with E-state index >= 15 is 0 Å². The van der Waals surface area contributed by atoms with Crippen LogP contribution in [0.5, 0.6) is 11.5 Å². The van der Waals surface area contributed by atoms with Gasteiger partial charge in [0.1, 0.15) is 5.75 Å². The molecule has 0 bridgehead atoms. The van der Waals surface area contributed by atoms with E-state index in [9.17, 15) is 4.79 Å². The normalized spacial score (nSPS) is 10.8. The maximum Gasteiger partial charge on any atom is 0.234 e. The lowest BCUT2D eigenvalue weighted by molar-refractivity contribution is -0.113. The quantitative estimate of drug-likeness (QED) is 0.311. The maximum absolute atomic E-state index is 12.5. The Morgan fingerprint density at radius 3 is 2.62 bits per heavy atom. The number of carbonyl (C=O) groups is 1. The van der Waals surface area contributed by atoms with Gasteiger partial charge in [0.05, 0.1) is 21.7 Å². The molecule has 0 aliphatic heterocycles. The van der Waals surface area contributed by atoms with Crippen molar-refractivity contribution >= 4 is 68.1 Å². The zero-order valence-corrected chi connectivity index (χ0v) is 18.0. The van der Waals surface area contributed by atoms with Gasteiger partial charge in [-0.25, -0.2) is 4.98 Å². The van der Waals surface area contributed by atoms with Crippen LogP contribution in [0, 0.1) is 0 Å². The fourth-order valence-corrected chi connectivity index (χ4v) is 4.75. The molecule has 0 saturated carbocycles.